The number of amides is 1. The average molecular weight is 363 g/mol. The number of fused-ring (bicyclic) bond motifs is 2. The molecule has 140 valence electrons. The number of hydrogen-bond acceptors (Lipinski definition) is 3. The molecule has 0 saturated carbocycles. The predicted molar refractivity (Wildman–Crippen MR) is 107 cm³/mol. The Morgan fingerprint density at radius 1 is 1.22 bits per heavy atom. The number of rotatable bonds is 5. The number of carbonyl (C=O) groups is 1. The highest BCUT2D eigenvalue weighted by molar-refractivity contribution is 5.83. The zero-order valence-corrected chi connectivity index (χ0v) is 15.6. The van der Waals surface area contributed by atoms with Crippen LogP contribution in [0.4, 0.5) is 0 Å². The van der Waals surface area contributed by atoms with Crippen LogP contribution in [0.5, 0.6) is 5.75 Å². The topological polar surface area (TPSA) is 57.4 Å². The van der Waals surface area contributed by atoms with Crippen molar-refractivity contribution in [3.8, 4) is 5.75 Å². The molecule has 0 saturated heterocycles. The van der Waals surface area contributed by atoms with Crippen molar-refractivity contribution < 1.29 is 9.53 Å². The van der Waals surface area contributed by atoms with Gasteiger partial charge in [0.15, 0.2) is 0 Å². The van der Waals surface area contributed by atoms with Crippen LogP contribution in [-0.2, 0) is 17.8 Å². The number of aromatic nitrogens is 1. The summed E-state index contributed by atoms with van der Waals surface area (Å²) in [5.41, 5.74) is 3.50. The van der Waals surface area contributed by atoms with Crippen LogP contribution in [0, 0.1) is 0 Å². The number of H-pyrrole nitrogens is 1. The van der Waals surface area contributed by atoms with Crippen LogP contribution in [0.25, 0.3) is 10.9 Å². The molecule has 3 aromatic rings. The summed E-state index contributed by atoms with van der Waals surface area (Å²) in [5.74, 6) is 0.980. The van der Waals surface area contributed by atoms with Gasteiger partial charge in [0.05, 0.1) is 6.54 Å². The summed E-state index contributed by atoms with van der Waals surface area (Å²) < 4.78 is 5.96. The summed E-state index contributed by atoms with van der Waals surface area (Å²) in [6.45, 7) is 4.54. The van der Waals surface area contributed by atoms with E-state index < -0.39 is 0 Å². The average Bonchev–Trinajstić information content (AvgIpc) is 2.98. The van der Waals surface area contributed by atoms with Crippen LogP contribution in [-0.4, -0.2) is 41.5 Å². The number of ether oxygens (including phenoxy) is 1. The van der Waals surface area contributed by atoms with Gasteiger partial charge in [0.1, 0.15) is 11.9 Å². The third-order valence-electron chi connectivity index (χ3n) is 4.97. The fraction of sp³-hybridized carbons (Fsp3) is 0.318. The number of para-hydroxylation sites is 2. The predicted octanol–water partition coefficient (Wildman–Crippen LogP) is 3.11. The van der Waals surface area contributed by atoms with Gasteiger partial charge in [0, 0.05) is 42.3 Å². The number of nitrogens with zero attached hydrogens (tertiary/aromatic N) is 1. The lowest BCUT2D eigenvalue weighted by molar-refractivity contribution is -0.122. The van der Waals surface area contributed by atoms with Gasteiger partial charge in [0.2, 0.25) is 5.91 Å². The van der Waals surface area contributed by atoms with Gasteiger partial charge < -0.3 is 15.0 Å². The second-order valence-electron chi connectivity index (χ2n) is 7.17. The molecule has 2 heterocycles. The van der Waals surface area contributed by atoms with E-state index in [1.54, 1.807) is 0 Å². The van der Waals surface area contributed by atoms with Crippen molar-refractivity contribution in [1.29, 1.82) is 0 Å². The minimum atomic E-state index is 0.0569. The maximum absolute atomic E-state index is 12.4. The van der Waals surface area contributed by atoms with Crippen LogP contribution in [0.2, 0.25) is 0 Å². The lowest BCUT2D eigenvalue weighted by atomic mass is 10.1. The van der Waals surface area contributed by atoms with Crippen molar-refractivity contribution in [2.45, 2.75) is 26.0 Å². The fourth-order valence-corrected chi connectivity index (χ4v) is 3.73. The molecule has 27 heavy (non-hydrogen) atoms. The number of benzene rings is 2. The number of hydrogen-bond donors (Lipinski definition) is 2. The van der Waals surface area contributed by atoms with E-state index in [1.165, 1.54) is 10.9 Å². The molecule has 0 unspecified atom stereocenters. The van der Waals surface area contributed by atoms with Crippen LogP contribution in [0.3, 0.4) is 0 Å². The molecule has 2 N–H and O–H groups in total. The molecule has 1 aliphatic rings. The minimum absolute atomic E-state index is 0.0569. The normalized spacial score (nSPS) is 17.1. The zero-order valence-electron chi connectivity index (χ0n) is 15.6. The van der Waals surface area contributed by atoms with Crippen LogP contribution in [0.15, 0.2) is 54.7 Å². The summed E-state index contributed by atoms with van der Waals surface area (Å²) in [7, 11) is 0. The maximum Gasteiger partial charge on any atom is 0.234 e. The molecule has 1 amide bonds. The Morgan fingerprint density at radius 3 is 2.96 bits per heavy atom. The molecule has 0 aliphatic carbocycles. The smallest absolute Gasteiger partial charge is 0.234 e. The molecule has 0 radical (unpaired) electrons. The summed E-state index contributed by atoms with van der Waals surface area (Å²) in [4.78, 5) is 17.9. The molecule has 0 fully saturated rings. The van der Waals surface area contributed by atoms with Crippen LogP contribution in [0.1, 0.15) is 18.1 Å². The van der Waals surface area contributed by atoms with Gasteiger partial charge in [-0.1, -0.05) is 36.4 Å². The van der Waals surface area contributed by atoms with Crippen molar-refractivity contribution in [3.05, 3.63) is 65.9 Å². The number of carbonyl (C=O) groups excluding carboxylic acids is 1. The van der Waals surface area contributed by atoms with E-state index in [0.717, 1.165) is 36.3 Å². The molecular weight excluding hydrogens is 338 g/mol. The maximum atomic E-state index is 12.4. The fourth-order valence-electron chi connectivity index (χ4n) is 3.73. The standard InChI is InChI=1S/C22H25N3O2/c1-16-13-25(14-18-6-2-5-9-21(18)27-16)15-22(26)23-11-10-17-12-24-20-8-4-3-7-19(17)20/h2-9,12,16,24H,10-11,13-15H2,1H3,(H,23,26)/t16-/m0/s1. The van der Waals surface area contributed by atoms with Gasteiger partial charge in [-0.3, -0.25) is 9.69 Å². The van der Waals surface area contributed by atoms with Crippen LogP contribution >= 0.6 is 0 Å². The van der Waals surface area contributed by atoms with E-state index in [0.29, 0.717) is 13.1 Å². The SMILES string of the molecule is C[C@H]1CN(CC(=O)NCCc2c[nH]c3ccccc23)Cc2ccccc2O1. The van der Waals surface area contributed by atoms with E-state index in [1.807, 2.05) is 43.5 Å². The van der Waals surface area contributed by atoms with E-state index in [9.17, 15) is 4.79 Å². The summed E-state index contributed by atoms with van der Waals surface area (Å²) in [6.07, 6.45) is 2.91. The molecule has 1 aliphatic heterocycles. The highest BCUT2D eigenvalue weighted by Crippen LogP contribution is 2.24. The molecule has 1 aromatic heterocycles. The van der Waals surface area contributed by atoms with Crippen molar-refractivity contribution >= 4 is 16.8 Å². The first kappa shape index (κ1) is 17.6. The molecule has 0 spiro atoms. The van der Waals surface area contributed by atoms with Gasteiger partial charge in [0.25, 0.3) is 0 Å². The van der Waals surface area contributed by atoms with Gasteiger partial charge >= 0.3 is 0 Å². The van der Waals surface area contributed by atoms with E-state index in [-0.39, 0.29) is 12.0 Å². The van der Waals surface area contributed by atoms with Crippen LogP contribution < -0.4 is 10.1 Å². The van der Waals surface area contributed by atoms with E-state index in [4.69, 9.17) is 4.74 Å². The van der Waals surface area contributed by atoms with E-state index >= 15 is 0 Å². The minimum Gasteiger partial charge on any atom is -0.489 e. The Bertz CT molecular complexity index is 934. The Hall–Kier alpha value is -2.79. The molecule has 0 bridgehead atoms. The monoisotopic (exact) mass is 363 g/mol. The Labute approximate surface area is 159 Å². The lowest BCUT2D eigenvalue weighted by Crippen LogP contribution is -2.40. The molecule has 1 atom stereocenters. The first-order chi connectivity index (χ1) is 13.2. The van der Waals surface area contributed by atoms with Crippen molar-refractivity contribution in [2.75, 3.05) is 19.6 Å². The zero-order chi connectivity index (χ0) is 18.6. The molecule has 5 heteroatoms. The Kier molecular flexibility index (Phi) is 5.12. The Balaban J connectivity index is 1.31. The van der Waals surface area contributed by atoms with Crippen molar-refractivity contribution in [3.63, 3.8) is 0 Å². The van der Waals surface area contributed by atoms with Crippen molar-refractivity contribution in [2.24, 2.45) is 0 Å². The highest BCUT2D eigenvalue weighted by Gasteiger charge is 2.21. The first-order valence-corrected chi connectivity index (χ1v) is 9.47. The number of nitrogens with one attached hydrogen (secondary N) is 2. The third kappa shape index (κ3) is 4.14. The molecular formula is C22H25N3O2. The number of aromatic amines is 1. The summed E-state index contributed by atoms with van der Waals surface area (Å²) in [6, 6.07) is 16.3. The quantitative estimate of drug-likeness (QED) is 0.732. The van der Waals surface area contributed by atoms with E-state index in [2.05, 4.69) is 33.4 Å². The summed E-state index contributed by atoms with van der Waals surface area (Å²) in [5, 5.41) is 4.28. The highest BCUT2D eigenvalue weighted by atomic mass is 16.5. The third-order valence-corrected chi connectivity index (χ3v) is 4.97. The molecule has 4 rings (SSSR count). The second kappa shape index (κ2) is 7.84. The largest absolute Gasteiger partial charge is 0.489 e. The van der Waals surface area contributed by atoms with Gasteiger partial charge in [-0.15, -0.1) is 0 Å². The second-order valence-corrected chi connectivity index (χ2v) is 7.17. The lowest BCUT2D eigenvalue weighted by Gasteiger charge is -2.21. The van der Waals surface area contributed by atoms with Crippen molar-refractivity contribution in [1.82, 2.24) is 15.2 Å². The van der Waals surface area contributed by atoms with Gasteiger partial charge in [-0.25, -0.2) is 0 Å². The van der Waals surface area contributed by atoms with Gasteiger partial charge in [-0.2, -0.15) is 0 Å². The molecule has 5 nitrogen and oxygen atoms in total. The summed E-state index contributed by atoms with van der Waals surface area (Å²) >= 11 is 0. The van der Waals surface area contributed by atoms with Gasteiger partial charge in [-0.05, 0) is 31.0 Å². The Morgan fingerprint density at radius 2 is 2.04 bits per heavy atom. The first-order valence-electron chi connectivity index (χ1n) is 9.47. The molecule has 2 aromatic carbocycles.